The summed E-state index contributed by atoms with van der Waals surface area (Å²) < 4.78 is 10.5. The van der Waals surface area contributed by atoms with E-state index in [-0.39, 0.29) is 18.3 Å². The van der Waals surface area contributed by atoms with Crippen LogP contribution >= 0.6 is 0 Å². The molecule has 1 heterocycles. The normalized spacial score (nSPS) is 16.2. The molecule has 5 heteroatoms. The van der Waals surface area contributed by atoms with Crippen LogP contribution in [-0.2, 0) is 9.53 Å². The lowest BCUT2D eigenvalue weighted by Gasteiger charge is -2.34. The van der Waals surface area contributed by atoms with Gasteiger partial charge in [0.05, 0.1) is 25.8 Å². The van der Waals surface area contributed by atoms with Crippen LogP contribution in [0.5, 0.6) is 5.75 Å². The standard InChI is InChI=1S/C18H17NO4/c1-22-17(20)11-14-12-19(15-9-5-6-10-16(15)23-14)18(21)13-7-3-2-4-8-13/h2-10,14H,11-12H2,1H3. The molecule has 3 rings (SSSR count). The Kier molecular flexibility index (Phi) is 4.28. The number of carbonyl (C=O) groups is 2. The van der Waals surface area contributed by atoms with E-state index in [0.717, 1.165) is 0 Å². The van der Waals surface area contributed by atoms with Gasteiger partial charge in [-0.15, -0.1) is 0 Å². The number of esters is 1. The predicted molar refractivity (Wildman–Crippen MR) is 85.6 cm³/mol. The first kappa shape index (κ1) is 15.1. The Balaban J connectivity index is 1.91. The number of hydrogen-bond donors (Lipinski definition) is 0. The first-order valence-electron chi connectivity index (χ1n) is 7.38. The summed E-state index contributed by atoms with van der Waals surface area (Å²) in [4.78, 5) is 26.0. The van der Waals surface area contributed by atoms with E-state index in [9.17, 15) is 9.59 Å². The Morgan fingerprint density at radius 3 is 2.57 bits per heavy atom. The quantitative estimate of drug-likeness (QED) is 0.818. The summed E-state index contributed by atoms with van der Waals surface area (Å²) in [5.74, 6) is 0.120. The number of rotatable bonds is 3. The number of anilines is 1. The monoisotopic (exact) mass is 311 g/mol. The number of fused-ring (bicyclic) bond motifs is 1. The average molecular weight is 311 g/mol. The predicted octanol–water partition coefficient (Wildman–Crippen LogP) is 2.66. The Morgan fingerprint density at radius 2 is 1.83 bits per heavy atom. The maximum Gasteiger partial charge on any atom is 0.309 e. The van der Waals surface area contributed by atoms with Gasteiger partial charge in [0.25, 0.3) is 5.91 Å². The van der Waals surface area contributed by atoms with Crippen LogP contribution < -0.4 is 9.64 Å². The molecule has 1 atom stereocenters. The van der Waals surface area contributed by atoms with E-state index in [1.807, 2.05) is 36.4 Å². The van der Waals surface area contributed by atoms with Crippen LogP contribution in [0.1, 0.15) is 16.8 Å². The van der Waals surface area contributed by atoms with Crippen molar-refractivity contribution in [3.05, 3.63) is 60.2 Å². The van der Waals surface area contributed by atoms with Gasteiger partial charge in [-0.25, -0.2) is 0 Å². The third-order valence-corrected chi connectivity index (χ3v) is 3.72. The third kappa shape index (κ3) is 3.18. The number of carbonyl (C=O) groups excluding carboxylic acids is 2. The highest BCUT2D eigenvalue weighted by Gasteiger charge is 2.31. The molecule has 0 aromatic heterocycles. The molecule has 1 amide bonds. The van der Waals surface area contributed by atoms with Crippen molar-refractivity contribution >= 4 is 17.6 Å². The second-order valence-electron chi connectivity index (χ2n) is 5.27. The molecule has 23 heavy (non-hydrogen) atoms. The molecule has 1 unspecified atom stereocenters. The smallest absolute Gasteiger partial charge is 0.309 e. The average Bonchev–Trinajstić information content (AvgIpc) is 2.61. The van der Waals surface area contributed by atoms with Crippen molar-refractivity contribution < 1.29 is 19.1 Å². The molecule has 0 spiro atoms. The fraction of sp³-hybridized carbons (Fsp3) is 0.222. The summed E-state index contributed by atoms with van der Waals surface area (Å²) in [5.41, 5.74) is 1.31. The number of ether oxygens (including phenoxy) is 2. The molecule has 1 aliphatic heterocycles. The highest BCUT2D eigenvalue weighted by Crippen LogP contribution is 2.34. The molecule has 0 N–H and O–H groups in total. The molecular formula is C18H17NO4. The van der Waals surface area contributed by atoms with E-state index < -0.39 is 6.10 Å². The molecule has 0 bridgehead atoms. The van der Waals surface area contributed by atoms with E-state index >= 15 is 0 Å². The van der Waals surface area contributed by atoms with E-state index in [1.54, 1.807) is 23.1 Å². The minimum absolute atomic E-state index is 0.101. The summed E-state index contributed by atoms with van der Waals surface area (Å²) in [5, 5.41) is 0. The maximum absolute atomic E-state index is 12.8. The highest BCUT2D eigenvalue weighted by molar-refractivity contribution is 6.07. The van der Waals surface area contributed by atoms with Gasteiger partial charge in [-0.3, -0.25) is 9.59 Å². The van der Waals surface area contributed by atoms with Crippen LogP contribution in [0.4, 0.5) is 5.69 Å². The lowest BCUT2D eigenvalue weighted by Crippen LogP contribution is -2.44. The topological polar surface area (TPSA) is 55.8 Å². The molecule has 2 aromatic rings. The fourth-order valence-corrected chi connectivity index (χ4v) is 2.60. The zero-order valence-electron chi connectivity index (χ0n) is 12.8. The fourth-order valence-electron chi connectivity index (χ4n) is 2.60. The van der Waals surface area contributed by atoms with Crippen LogP contribution in [-0.4, -0.2) is 31.6 Å². The van der Waals surface area contributed by atoms with Crippen molar-refractivity contribution in [1.29, 1.82) is 0 Å². The van der Waals surface area contributed by atoms with E-state index in [2.05, 4.69) is 0 Å². The van der Waals surface area contributed by atoms with Gasteiger partial charge in [-0.2, -0.15) is 0 Å². The zero-order valence-corrected chi connectivity index (χ0v) is 12.8. The number of nitrogens with zero attached hydrogens (tertiary/aromatic N) is 1. The highest BCUT2D eigenvalue weighted by atomic mass is 16.5. The van der Waals surface area contributed by atoms with Crippen molar-refractivity contribution in [2.75, 3.05) is 18.6 Å². The molecular weight excluding hydrogens is 294 g/mol. The first-order valence-corrected chi connectivity index (χ1v) is 7.38. The van der Waals surface area contributed by atoms with Crippen LogP contribution in [0.2, 0.25) is 0 Å². The van der Waals surface area contributed by atoms with Crippen LogP contribution in [0, 0.1) is 0 Å². The second kappa shape index (κ2) is 6.52. The Hall–Kier alpha value is -2.82. The molecule has 0 fully saturated rings. The van der Waals surface area contributed by atoms with Crippen molar-refractivity contribution in [3.8, 4) is 5.75 Å². The largest absolute Gasteiger partial charge is 0.486 e. The summed E-state index contributed by atoms with van der Waals surface area (Å²) in [7, 11) is 1.34. The Morgan fingerprint density at radius 1 is 1.13 bits per heavy atom. The molecule has 5 nitrogen and oxygen atoms in total. The van der Waals surface area contributed by atoms with E-state index in [4.69, 9.17) is 9.47 Å². The first-order chi connectivity index (χ1) is 11.2. The molecule has 118 valence electrons. The maximum atomic E-state index is 12.8. The van der Waals surface area contributed by atoms with Gasteiger partial charge in [0.15, 0.2) is 0 Å². The molecule has 1 aliphatic rings. The van der Waals surface area contributed by atoms with Crippen molar-refractivity contribution in [2.45, 2.75) is 12.5 Å². The molecule has 2 aromatic carbocycles. The summed E-state index contributed by atoms with van der Waals surface area (Å²) in [6, 6.07) is 16.4. The molecule has 0 saturated carbocycles. The lowest BCUT2D eigenvalue weighted by atomic mass is 10.1. The van der Waals surface area contributed by atoms with Crippen LogP contribution in [0.15, 0.2) is 54.6 Å². The second-order valence-corrected chi connectivity index (χ2v) is 5.27. The van der Waals surface area contributed by atoms with Gasteiger partial charge in [-0.05, 0) is 24.3 Å². The lowest BCUT2D eigenvalue weighted by molar-refractivity contribution is -0.142. The molecule has 0 radical (unpaired) electrons. The van der Waals surface area contributed by atoms with Gasteiger partial charge in [-0.1, -0.05) is 30.3 Å². The van der Waals surface area contributed by atoms with E-state index in [0.29, 0.717) is 23.5 Å². The number of benzene rings is 2. The van der Waals surface area contributed by atoms with Gasteiger partial charge in [0, 0.05) is 5.56 Å². The number of amides is 1. The third-order valence-electron chi connectivity index (χ3n) is 3.72. The minimum atomic E-state index is -0.426. The van der Waals surface area contributed by atoms with Crippen LogP contribution in [0.3, 0.4) is 0 Å². The Labute approximate surface area is 134 Å². The van der Waals surface area contributed by atoms with Gasteiger partial charge in [0.1, 0.15) is 11.9 Å². The molecule has 0 aliphatic carbocycles. The zero-order chi connectivity index (χ0) is 16.2. The van der Waals surface area contributed by atoms with Gasteiger partial charge in [0.2, 0.25) is 0 Å². The summed E-state index contributed by atoms with van der Waals surface area (Å²) >= 11 is 0. The Bertz CT molecular complexity index is 714. The number of hydrogen-bond acceptors (Lipinski definition) is 4. The summed E-state index contributed by atoms with van der Waals surface area (Å²) in [6.07, 6.45) is -0.325. The van der Waals surface area contributed by atoms with Crippen molar-refractivity contribution in [1.82, 2.24) is 0 Å². The van der Waals surface area contributed by atoms with Crippen molar-refractivity contribution in [2.24, 2.45) is 0 Å². The van der Waals surface area contributed by atoms with Gasteiger partial charge < -0.3 is 14.4 Å². The minimum Gasteiger partial charge on any atom is -0.486 e. The van der Waals surface area contributed by atoms with Crippen molar-refractivity contribution in [3.63, 3.8) is 0 Å². The van der Waals surface area contributed by atoms with E-state index in [1.165, 1.54) is 7.11 Å². The number of methoxy groups -OCH3 is 1. The number of para-hydroxylation sites is 2. The molecule has 0 saturated heterocycles. The van der Waals surface area contributed by atoms with Gasteiger partial charge >= 0.3 is 5.97 Å². The SMILES string of the molecule is COC(=O)CC1CN(C(=O)c2ccccc2)c2ccccc2O1. The summed E-state index contributed by atoms with van der Waals surface area (Å²) in [6.45, 7) is 0.305. The van der Waals surface area contributed by atoms with Crippen LogP contribution in [0.25, 0.3) is 0 Å².